The minimum atomic E-state index is 0.372. The first-order valence-corrected chi connectivity index (χ1v) is 14.2. The quantitative estimate of drug-likeness (QED) is 0.215. The molecular formula is C36H34N3O+. The number of furan rings is 1. The molecule has 0 aliphatic heterocycles. The van der Waals surface area contributed by atoms with Gasteiger partial charge in [-0.15, -0.1) is 0 Å². The Morgan fingerprint density at radius 2 is 1.55 bits per heavy atom. The van der Waals surface area contributed by atoms with Crippen molar-refractivity contribution in [2.75, 3.05) is 0 Å². The van der Waals surface area contributed by atoms with Gasteiger partial charge >= 0.3 is 0 Å². The molecule has 0 saturated heterocycles. The highest BCUT2D eigenvalue weighted by Crippen LogP contribution is 2.42. The average Bonchev–Trinajstić information content (AvgIpc) is 3.45. The number of benzene rings is 4. The van der Waals surface area contributed by atoms with Crippen molar-refractivity contribution in [2.45, 2.75) is 46.5 Å². The number of imidazole rings is 1. The van der Waals surface area contributed by atoms with E-state index in [1.54, 1.807) is 0 Å². The van der Waals surface area contributed by atoms with Gasteiger partial charge < -0.3 is 4.42 Å². The minimum absolute atomic E-state index is 0.372. The minimum Gasteiger partial charge on any atom is -0.455 e. The molecule has 0 atom stereocenters. The van der Waals surface area contributed by atoms with Crippen LogP contribution in [-0.2, 0) is 7.05 Å². The Labute approximate surface area is 234 Å². The molecule has 198 valence electrons. The number of fused-ring (bicyclic) bond motifs is 5. The Hall–Kier alpha value is -4.44. The maximum atomic E-state index is 6.78. The summed E-state index contributed by atoms with van der Waals surface area (Å²) in [6.45, 7) is 11.4. The SMILES string of the molecule is Cc1ccc2c(oc3cc4ccncc4cc32)c1-c1n(-c2c(C(C)C)cccc2C(C)C)c2ccccc2[n+]1C. The molecule has 0 unspecified atom stereocenters. The summed E-state index contributed by atoms with van der Waals surface area (Å²) in [5.41, 5.74) is 10.5. The number of hydrogen-bond donors (Lipinski definition) is 0. The molecule has 0 fully saturated rings. The van der Waals surface area contributed by atoms with E-state index in [2.05, 4.69) is 123 Å². The number of pyridine rings is 1. The van der Waals surface area contributed by atoms with E-state index in [4.69, 9.17) is 4.42 Å². The number of aromatic nitrogens is 3. The Kier molecular flexibility index (Phi) is 5.57. The zero-order valence-corrected chi connectivity index (χ0v) is 24.0. The number of para-hydroxylation sites is 3. The van der Waals surface area contributed by atoms with Gasteiger partial charge in [-0.3, -0.25) is 4.98 Å². The van der Waals surface area contributed by atoms with E-state index in [1.807, 2.05) is 18.5 Å². The van der Waals surface area contributed by atoms with Gasteiger partial charge in [-0.2, -0.15) is 4.57 Å². The Balaban J connectivity index is 1.66. The van der Waals surface area contributed by atoms with E-state index in [0.717, 1.165) is 44.1 Å². The van der Waals surface area contributed by atoms with Crippen LogP contribution in [0.5, 0.6) is 0 Å². The molecule has 0 radical (unpaired) electrons. The van der Waals surface area contributed by atoms with Crippen LogP contribution < -0.4 is 4.57 Å². The maximum Gasteiger partial charge on any atom is 0.299 e. The lowest BCUT2D eigenvalue weighted by Gasteiger charge is -2.18. The highest BCUT2D eigenvalue weighted by atomic mass is 16.3. The normalized spacial score (nSPS) is 12.2. The number of rotatable bonds is 4. The van der Waals surface area contributed by atoms with Crippen LogP contribution in [0.3, 0.4) is 0 Å². The van der Waals surface area contributed by atoms with Crippen LogP contribution in [0.1, 0.15) is 56.2 Å². The topological polar surface area (TPSA) is 34.8 Å². The summed E-state index contributed by atoms with van der Waals surface area (Å²) in [6.07, 6.45) is 3.76. The van der Waals surface area contributed by atoms with Crippen molar-refractivity contribution < 1.29 is 8.98 Å². The largest absolute Gasteiger partial charge is 0.455 e. The van der Waals surface area contributed by atoms with Gasteiger partial charge in [0.05, 0.1) is 7.05 Å². The molecular weight excluding hydrogens is 490 g/mol. The van der Waals surface area contributed by atoms with E-state index in [-0.39, 0.29) is 0 Å². The molecule has 0 aliphatic carbocycles. The zero-order chi connectivity index (χ0) is 27.7. The van der Waals surface area contributed by atoms with Crippen LogP contribution in [0.4, 0.5) is 0 Å². The van der Waals surface area contributed by atoms with Crippen molar-refractivity contribution in [1.29, 1.82) is 0 Å². The molecule has 3 heterocycles. The van der Waals surface area contributed by atoms with Gasteiger partial charge in [0.1, 0.15) is 16.8 Å². The van der Waals surface area contributed by atoms with Crippen LogP contribution in [0.15, 0.2) is 89.6 Å². The van der Waals surface area contributed by atoms with E-state index in [1.165, 1.54) is 33.4 Å². The summed E-state index contributed by atoms with van der Waals surface area (Å²) < 4.78 is 11.6. The third kappa shape index (κ3) is 3.52. The van der Waals surface area contributed by atoms with Gasteiger partial charge in [0, 0.05) is 39.7 Å². The zero-order valence-electron chi connectivity index (χ0n) is 24.0. The van der Waals surface area contributed by atoms with Crippen LogP contribution in [0.2, 0.25) is 0 Å². The molecule has 40 heavy (non-hydrogen) atoms. The molecule has 0 bridgehead atoms. The summed E-state index contributed by atoms with van der Waals surface area (Å²) >= 11 is 0. The smallest absolute Gasteiger partial charge is 0.299 e. The predicted octanol–water partition coefficient (Wildman–Crippen LogP) is 9.12. The van der Waals surface area contributed by atoms with Gasteiger partial charge in [-0.1, -0.05) is 70.2 Å². The molecule has 0 spiro atoms. The van der Waals surface area contributed by atoms with Crippen molar-refractivity contribution in [3.63, 3.8) is 0 Å². The van der Waals surface area contributed by atoms with Gasteiger partial charge in [0.25, 0.3) is 5.82 Å². The molecule has 7 aromatic rings. The second kappa shape index (κ2) is 9.06. The third-order valence-corrected chi connectivity index (χ3v) is 8.41. The van der Waals surface area contributed by atoms with Gasteiger partial charge in [0.2, 0.25) is 0 Å². The monoisotopic (exact) mass is 524 g/mol. The Morgan fingerprint density at radius 3 is 2.30 bits per heavy atom. The molecule has 4 aromatic carbocycles. The van der Waals surface area contributed by atoms with E-state index in [0.29, 0.717) is 11.8 Å². The fourth-order valence-corrected chi connectivity index (χ4v) is 6.39. The van der Waals surface area contributed by atoms with Crippen molar-refractivity contribution >= 4 is 43.7 Å². The molecule has 0 aliphatic rings. The Bertz CT molecular complexity index is 2070. The number of nitrogens with zero attached hydrogens (tertiary/aromatic N) is 3. The Morgan fingerprint density at radius 1 is 0.800 bits per heavy atom. The summed E-state index contributed by atoms with van der Waals surface area (Å²) in [5.74, 6) is 1.87. The first kappa shape index (κ1) is 24.6. The summed E-state index contributed by atoms with van der Waals surface area (Å²) in [4.78, 5) is 4.35. The molecule has 7 rings (SSSR count). The summed E-state index contributed by atoms with van der Waals surface area (Å²) in [7, 11) is 2.18. The summed E-state index contributed by atoms with van der Waals surface area (Å²) in [5, 5.41) is 4.49. The lowest BCUT2D eigenvalue weighted by atomic mass is 9.92. The lowest BCUT2D eigenvalue weighted by Crippen LogP contribution is -2.30. The molecule has 0 N–H and O–H groups in total. The second-order valence-electron chi connectivity index (χ2n) is 11.6. The lowest BCUT2D eigenvalue weighted by molar-refractivity contribution is -0.633. The maximum absolute atomic E-state index is 6.78. The fraction of sp³-hybridized carbons (Fsp3) is 0.222. The molecule has 3 aromatic heterocycles. The van der Waals surface area contributed by atoms with Crippen molar-refractivity contribution in [3.05, 3.63) is 102 Å². The number of aryl methyl sites for hydroxylation is 2. The fourth-order valence-electron chi connectivity index (χ4n) is 6.39. The van der Waals surface area contributed by atoms with E-state index in [9.17, 15) is 0 Å². The van der Waals surface area contributed by atoms with Gasteiger partial charge in [-0.25, -0.2) is 4.57 Å². The molecule has 4 heteroatoms. The van der Waals surface area contributed by atoms with Gasteiger partial charge in [0.15, 0.2) is 16.6 Å². The van der Waals surface area contributed by atoms with Crippen molar-refractivity contribution in [1.82, 2.24) is 9.55 Å². The first-order chi connectivity index (χ1) is 19.3. The molecule has 0 saturated carbocycles. The first-order valence-electron chi connectivity index (χ1n) is 14.2. The van der Waals surface area contributed by atoms with Gasteiger partial charge in [-0.05, 0) is 60.0 Å². The molecule has 4 nitrogen and oxygen atoms in total. The van der Waals surface area contributed by atoms with E-state index < -0.39 is 0 Å². The molecule has 0 amide bonds. The van der Waals surface area contributed by atoms with Crippen LogP contribution in [0, 0.1) is 6.92 Å². The second-order valence-corrected chi connectivity index (χ2v) is 11.6. The van der Waals surface area contributed by atoms with Crippen molar-refractivity contribution in [2.24, 2.45) is 7.05 Å². The van der Waals surface area contributed by atoms with Crippen LogP contribution in [-0.4, -0.2) is 9.55 Å². The van der Waals surface area contributed by atoms with E-state index >= 15 is 0 Å². The predicted molar refractivity (Wildman–Crippen MR) is 165 cm³/mol. The highest BCUT2D eigenvalue weighted by molar-refractivity contribution is 6.13. The number of hydrogen-bond acceptors (Lipinski definition) is 2. The highest BCUT2D eigenvalue weighted by Gasteiger charge is 2.33. The summed E-state index contributed by atoms with van der Waals surface area (Å²) in [6, 6.07) is 26.4. The third-order valence-electron chi connectivity index (χ3n) is 8.41. The van der Waals surface area contributed by atoms with Crippen LogP contribution >= 0.6 is 0 Å². The van der Waals surface area contributed by atoms with Crippen LogP contribution in [0.25, 0.3) is 60.8 Å². The van der Waals surface area contributed by atoms with Crippen molar-refractivity contribution in [3.8, 4) is 17.1 Å². The standard InChI is InChI=1S/C36H34N3O/c1-21(2)26-10-9-11-27(22(3)4)34(26)39-31-13-8-7-12-30(31)38(6)36(39)33-23(5)14-15-28-29-18-25-20-37-17-16-24(25)19-32(29)40-35(28)33/h7-22H,1-6H3/q+1. The average molecular weight is 525 g/mol.